The van der Waals surface area contributed by atoms with Crippen LogP contribution < -0.4 is 4.74 Å². The highest BCUT2D eigenvalue weighted by molar-refractivity contribution is 7.98. The standard InChI is InChI=1S/C18H15F2NO6S/c1-10(16(22)11-3-6-13(7-4-11)27-18(19)20)26-17(23)12-5-8-15(28-2)14(9-12)21(24)25/h3-10,18H,1-2H3/t10-/m0/s1. The van der Waals surface area contributed by atoms with Crippen LogP contribution in [0.2, 0.25) is 0 Å². The Bertz CT molecular complexity index is 888. The summed E-state index contributed by atoms with van der Waals surface area (Å²) >= 11 is 1.16. The van der Waals surface area contributed by atoms with Crippen LogP contribution in [0.4, 0.5) is 14.5 Å². The lowest BCUT2D eigenvalue weighted by molar-refractivity contribution is -0.387. The van der Waals surface area contributed by atoms with Crippen molar-refractivity contribution < 1.29 is 32.8 Å². The zero-order valence-electron chi connectivity index (χ0n) is 14.8. The van der Waals surface area contributed by atoms with Gasteiger partial charge in [-0.1, -0.05) is 0 Å². The number of nitro groups is 1. The van der Waals surface area contributed by atoms with E-state index >= 15 is 0 Å². The van der Waals surface area contributed by atoms with Gasteiger partial charge in [0.1, 0.15) is 5.75 Å². The third-order valence-corrected chi connectivity index (χ3v) is 4.41. The monoisotopic (exact) mass is 411 g/mol. The fraction of sp³-hybridized carbons (Fsp3) is 0.222. The molecule has 0 aliphatic rings. The van der Waals surface area contributed by atoms with Crippen molar-refractivity contribution in [3.63, 3.8) is 0 Å². The molecule has 148 valence electrons. The second-order valence-corrected chi connectivity index (χ2v) is 6.31. The summed E-state index contributed by atoms with van der Waals surface area (Å²) in [5.41, 5.74) is -0.175. The van der Waals surface area contributed by atoms with Gasteiger partial charge in [-0.3, -0.25) is 14.9 Å². The summed E-state index contributed by atoms with van der Waals surface area (Å²) in [6.45, 7) is -1.64. The largest absolute Gasteiger partial charge is 0.451 e. The van der Waals surface area contributed by atoms with Gasteiger partial charge in [0.05, 0.1) is 15.4 Å². The van der Waals surface area contributed by atoms with Gasteiger partial charge in [-0.2, -0.15) is 8.78 Å². The Labute approximate surface area is 162 Å². The van der Waals surface area contributed by atoms with Gasteiger partial charge in [-0.15, -0.1) is 11.8 Å². The van der Waals surface area contributed by atoms with E-state index in [0.29, 0.717) is 4.90 Å². The number of carbonyl (C=O) groups is 2. The zero-order chi connectivity index (χ0) is 20.8. The van der Waals surface area contributed by atoms with Crippen molar-refractivity contribution in [2.24, 2.45) is 0 Å². The minimum atomic E-state index is -2.98. The van der Waals surface area contributed by atoms with Gasteiger partial charge >= 0.3 is 12.6 Å². The molecule has 0 unspecified atom stereocenters. The molecule has 2 aromatic carbocycles. The summed E-state index contributed by atoms with van der Waals surface area (Å²) in [6.07, 6.45) is 0.479. The van der Waals surface area contributed by atoms with E-state index in [9.17, 15) is 28.5 Å². The maximum atomic E-state index is 12.3. The number of carbonyl (C=O) groups excluding carboxylic acids is 2. The fourth-order valence-corrected chi connectivity index (χ4v) is 2.82. The summed E-state index contributed by atoms with van der Waals surface area (Å²) < 4.78 is 33.6. The molecule has 28 heavy (non-hydrogen) atoms. The SMILES string of the molecule is CSc1ccc(C(=O)O[C@@H](C)C(=O)c2ccc(OC(F)F)cc2)cc1[N+](=O)[O-]. The number of rotatable bonds is 8. The Hall–Kier alpha value is -3.01. The first-order chi connectivity index (χ1) is 13.2. The highest BCUT2D eigenvalue weighted by Gasteiger charge is 2.23. The smallest absolute Gasteiger partial charge is 0.387 e. The lowest BCUT2D eigenvalue weighted by Crippen LogP contribution is -2.24. The number of esters is 1. The first-order valence-corrected chi connectivity index (χ1v) is 9.08. The van der Waals surface area contributed by atoms with E-state index in [1.807, 2.05) is 0 Å². The lowest BCUT2D eigenvalue weighted by Gasteiger charge is -2.13. The van der Waals surface area contributed by atoms with Crippen LogP contribution in [-0.4, -0.2) is 35.6 Å². The van der Waals surface area contributed by atoms with E-state index in [-0.39, 0.29) is 22.6 Å². The van der Waals surface area contributed by atoms with Crippen LogP contribution in [0.1, 0.15) is 27.6 Å². The Morgan fingerprint density at radius 1 is 1.11 bits per heavy atom. The summed E-state index contributed by atoms with van der Waals surface area (Å²) in [6, 6.07) is 8.80. The topological polar surface area (TPSA) is 95.7 Å². The molecule has 0 heterocycles. The van der Waals surface area contributed by atoms with E-state index < -0.39 is 29.4 Å². The third kappa shape index (κ3) is 5.26. The molecule has 0 saturated carbocycles. The van der Waals surface area contributed by atoms with Crippen LogP contribution in [0.25, 0.3) is 0 Å². The van der Waals surface area contributed by atoms with Crippen molar-refractivity contribution in [3.8, 4) is 5.75 Å². The first-order valence-electron chi connectivity index (χ1n) is 7.85. The number of Topliss-reactive ketones (excluding diaryl/α,β-unsaturated/α-hetero) is 1. The summed E-state index contributed by atoms with van der Waals surface area (Å²) in [5, 5.41) is 11.1. The van der Waals surface area contributed by atoms with Crippen LogP contribution >= 0.6 is 11.8 Å². The second kappa shape index (κ2) is 9.27. The molecular weight excluding hydrogens is 396 g/mol. The highest BCUT2D eigenvalue weighted by atomic mass is 32.2. The second-order valence-electron chi connectivity index (χ2n) is 5.46. The molecule has 7 nitrogen and oxygen atoms in total. The van der Waals surface area contributed by atoms with Gasteiger partial charge in [-0.05, 0) is 49.6 Å². The van der Waals surface area contributed by atoms with Gasteiger partial charge in [0.2, 0.25) is 5.78 Å². The van der Waals surface area contributed by atoms with Crippen LogP contribution in [0.5, 0.6) is 5.75 Å². The molecule has 0 saturated heterocycles. The normalized spacial score (nSPS) is 11.8. The van der Waals surface area contributed by atoms with Crippen molar-refractivity contribution in [1.82, 2.24) is 0 Å². The van der Waals surface area contributed by atoms with E-state index in [2.05, 4.69) is 4.74 Å². The van der Waals surface area contributed by atoms with Crippen molar-refractivity contribution in [2.45, 2.75) is 24.5 Å². The molecule has 0 N–H and O–H groups in total. The van der Waals surface area contributed by atoms with E-state index in [4.69, 9.17) is 4.74 Å². The number of halogens is 2. The minimum absolute atomic E-state index is 0.0650. The molecule has 0 spiro atoms. The molecule has 0 aliphatic carbocycles. The highest BCUT2D eigenvalue weighted by Crippen LogP contribution is 2.28. The minimum Gasteiger partial charge on any atom is -0.451 e. The fourth-order valence-electron chi connectivity index (χ4n) is 2.28. The van der Waals surface area contributed by atoms with Gasteiger partial charge in [-0.25, -0.2) is 4.79 Å². The molecule has 2 aromatic rings. The number of hydrogen-bond acceptors (Lipinski definition) is 7. The maximum absolute atomic E-state index is 12.3. The Morgan fingerprint density at radius 3 is 2.25 bits per heavy atom. The van der Waals surface area contributed by atoms with Gasteiger partial charge in [0.25, 0.3) is 5.69 Å². The third-order valence-electron chi connectivity index (χ3n) is 3.63. The number of ketones is 1. The van der Waals surface area contributed by atoms with Crippen LogP contribution in [0, 0.1) is 10.1 Å². The Morgan fingerprint density at radius 2 is 1.71 bits per heavy atom. The quantitative estimate of drug-likeness (QED) is 0.210. The molecule has 0 amide bonds. The van der Waals surface area contributed by atoms with Crippen molar-refractivity contribution in [1.29, 1.82) is 0 Å². The van der Waals surface area contributed by atoms with Crippen LogP contribution in [0.3, 0.4) is 0 Å². The summed E-state index contributed by atoms with van der Waals surface area (Å²) in [5.74, 6) is -1.57. The number of alkyl halides is 2. The molecule has 2 rings (SSSR count). The van der Waals surface area contributed by atoms with E-state index in [1.165, 1.54) is 43.3 Å². The molecule has 0 aliphatic heterocycles. The molecule has 0 fully saturated rings. The summed E-state index contributed by atoms with van der Waals surface area (Å²) in [7, 11) is 0. The molecule has 0 bridgehead atoms. The molecule has 0 radical (unpaired) electrons. The number of thioether (sulfide) groups is 1. The van der Waals surface area contributed by atoms with E-state index in [1.54, 1.807) is 6.26 Å². The van der Waals surface area contributed by atoms with Gasteiger partial charge < -0.3 is 9.47 Å². The number of ether oxygens (including phenoxy) is 2. The Kier molecular flexibility index (Phi) is 7.05. The van der Waals surface area contributed by atoms with Crippen LogP contribution in [0.15, 0.2) is 47.4 Å². The van der Waals surface area contributed by atoms with Crippen molar-refractivity contribution >= 4 is 29.2 Å². The predicted octanol–water partition coefficient (Wildman–Crippen LogP) is 4.35. The first kappa shape index (κ1) is 21.3. The molecular formula is C18H15F2NO6S. The number of nitro benzene ring substituents is 1. The number of nitrogens with zero attached hydrogens (tertiary/aromatic N) is 1. The molecule has 10 heteroatoms. The number of hydrogen-bond donors (Lipinski definition) is 0. The molecule has 0 aromatic heterocycles. The Balaban J connectivity index is 2.10. The average molecular weight is 411 g/mol. The molecule has 1 atom stereocenters. The number of benzene rings is 2. The average Bonchev–Trinajstić information content (AvgIpc) is 2.66. The van der Waals surface area contributed by atoms with E-state index in [0.717, 1.165) is 17.8 Å². The lowest BCUT2D eigenvalue weighted by atomic mass is 10.1. The predicted molar refractivity (Wildman–Crippen MR) is 97.2 cm³/mol. The van der Waals surface area contributed by atoms with Gasteiger partial charge in [0.15, 0.2) is 6.10 Å². The van der Waals surface area contributed by atoms with Crippen LogP contribution in [-0.2, 0) is 4.74 Å². The van der Waals surface area contributed by atoms with Crippen molar-refractivity contribution in [2.75, 3.05) is 6.26 Å². The van der Waals surface area contributed by atoms with Crippen molar-refractivity contribution in [3.05, 3.63) is 63.7 Å². The maximum Gasteiger partial charge on any atom is 0.387 e. The zero-order valence-corrected chi connectivity index (χ0v) is 15.6. The van der Waals surface area contributed by atoms with Gasteiger partial charge in [0, 0.05) is 11.6 Å². The summed E-state index contributed by atoms with van der Waals surface area (Å²) in [4.78, 5) is 35.4.